The first-order chi connectivity index (χ1) is 10.9. The Kier molecular flexibility index (Phi) is 13.0. The van der Waals surface area contributed by atoms with E-state index in [2.05, 4.69) is 10.2 Å². The summed E-state index contributed by atoms with van der Waals surface area (Å²) >= 11 is 0. The van der Waals surface area contributed by atoms with E-state index >= 15 is 0 Å². The molecule has 0 unspecified atom stereocenters. The summed E-state index contributed by atoms with van der Waals surface area (Å²) < 4.78 is 16.0. The van der Waals surface area contributed by atoms with Crippen LogP contribution in [0.15, 0.2) is 0 Å². The zero-order valence-corrected chi connectivity index (χ0v) is 14.8. The van der Waals surface area contributed by atoms with Crippen molar-refractivity contribution in [2.75, 3.05) is 65.7 Å². The molecule has 0 spiro atoms. The molecule has 0 aromatic carbocycles. The van der Waals surface area contributed by atoms with Gasteiger partial charge in [0.1, 0.15) is 5.60 Å². The minimum Gasteiger partial charge on any atom is -0.444 e. The van der Waals surface area contributed by atoms with Gasteiger partial charge in [0.05, 0.1) is 26.4 Å². The molecule has 0 radical (unpaired) electrons. The standard InChI is InChI=1S/C15H34N4O4/c1-15(2,3)23-14(20)18-6-10-21-12-13-22-11-9-19(7-4-16)8-5-17/h4-13,16-17H2,1-3H3,(H,18,20). The van der Waals surface area contributed by atoms with Gasteiger partial charge in [0.15, 0.2) is 0 Å². The van der Waals surface area contributed by atoms with Crippen LogP contribution in [-0.4, -0.2) is 82.3 Å². The number of carbonyl (C=O) groups excluding carboxylic acids is 1. The number of amides is 1. The molecule has 0 heterocycles. The van der Waals surface area contributed by atoms with Crippen molar-refractivity contribution in [2.45, 2.75) is 26.4 Å². The highest BCUT2D eigenvalue weighted by molar-refractivity contribution is 5.67. The Morgan fingerprint density at radius 2 is 1.52 bits per heavy atom. The lowest BCUT2D eigenvalue weighted by molar-refractivity contribution is 0.0348. The molecule has 0 fully saturated rings. The molecule has 138 valence electrons. The number of nitrogens with two attached hydrogens (primary N) is 2. The number of hydrogen-bond donors (Lipinski definition) is 3. The Labute approximate surface area is 139 Å². The molecule has 5 N–H and O–H groups in total. The summed E-state index contributed by atoms with van der Waals surface area (Å²) in [6, 6.07) is 0. The summed E-state index contributed by atoms with van der Waals surface area (Å²) in [5.74, 6) is 0. The van der Waals surface area contributed by atoms with Crippen molar-refractivity contribution in [3.05, 3.63) is 0 Å². The van der Waals surface area contributed by atoms with Gasteiger partial charge in [0.25, 0.3) is 0 Å². The van der Waals surface area contributed by atoms with Crippen LogP contribution in [0.25, 0.3) is 0 Å². The Balaban J connectivity index is 3.41. The molecular formula is C15H34N4O4. The number of hydrogen-bond acceptors (Lipinski definition) is 7. The lowest BCUT2D eigenvalue weighted by Gasteiger charge is -2.20. The Morgan fingerprint density at radius 3 is 2.04 bits per heavy atom. The molecule has 0 saturated carbocycles. The van der Waals surface area contributed by atoms with Gasteiger partial charge < -0.3 is 31.0 Å². The molecule has 0 aromatic rings. The third-order valence-electron chi connectivity index (χ3n) is 2.73. The van der Waals surface area contributed by atoms with Crippen molar-refractivity contribution >= 4 is 6.09 Å². The molecule has 8 heteroatoms. The molecule has 0 rings (SSSR count). The third-order valence-corrected chi connectivity index (χ3v) is 2.73. The number of nitrogens with one attached hydrogen (secondary N) is 1. The van der Waals surface area contributed by atoms with Crippen LogP contribution in [0.4, 0.5) is 4.79 Å². The monoisotopic (exact) mass is 334 g/mol. The second-order valence-corrected chi connectivity index (χ2v) is 6.07. The van der Waals surface area contributed by atoms with Gasteiger partial charge in [0, 0.05) is 39.3 Å². The summed E-state index contributed by atoms with van der Waals surface area (Å²) in [4.78, 5) is 13.5. The average molecular weight is 334 g/mol. The number of rotatable bonds is 13. The van der Waals surface area contributed by atoms with Crippen molar-refractivity contribution in [1.29, 1.82) is 0 Å². The third kappa shape index (κ3) is 15.7. The molecule has 23 heavy (non-hydrogen) atoms. The lowest BCUT2D eigenvalue weighted by atomic mass is 10.2. The molecular weight excluding hydrogens is 300 g/mol. The number of alkyl carbamates (subject to hydrolysis) is 1. The first kappa shape index (κ1) is 22.1. The van der Waals surface area contributed by atoms with Crippen LogP contribution in [0.5, 0.6) is 0 Å². The summed E-state index contributed by atoms with van der Waals surface area (Å²) in [7, 11) is 0. The van der Waals surface area contributed by atoms with Crippen LogP contribution >= 0.6 is 0 Å². The fourth-order valence-electron chi connectivity index (χ4n) is 1.76. The van der Waals surface area contributed by atoms with Crippen molar-refractivity contribution in [3.8, 4) is 0 Å². The van der Waals surface area contributed by atoms with Crippen molar-refractivity contribution in [1.82, 2.24) is 10.2 Å². The number of carbonyl (C=O) groups is 1. The van der Waals surface area contributed by atoms with E-state index in [1.165, 1.54) is 0 Å². The Bertz CT molecular complexity index is 292. The van der Waals surface area contributed by atoms with Crippen LogP contribution in [0, 0.1) is 0 Å². The minimum absolute atomic E-state index is 0.412. The molecule has 0 bridgehead atoms. The molecule has 0 aromatic heterocycles. The van der Waals surface area contributed by atoms with E-state index < -0.39 is 11.7 Å². The number of ether oxygens (including phenoxy) is 3. The van der Waals surface area contributed by atoms with Gasteiger partial charge in [-0.3, -0.25) is 4.90 Å². The summed E-state index contributed by atoms with van der Waals surface area (Å²) in [5, 5.41) is 2.63. The van der Waals surface area contributed by atoms with Crippen molar-refractivity contribution < 1.29 is 19.0 Å². The predicted molar refractivity (Wildman–Crippen MR) is 90.4 cm³/mol. The zero-order chi connectivity index (χ0) is 17.6. The highest BCUT2D eigenvalue weighted by Crippen LogP contribution is 2.05. The van der Waals surface area contributed by atoms with E-state index in [1.807, 2.05) is 20.8 Å². The Morgan fingerprint density at radius 1 is 0.957 bits per heavy atom. The first-order valence-electron chi connectivity index (χ1n) is 8.14. The SMILES string of the molecule is CC(C)(C)OC(=O)NCCOCCOCCN(CCN)CCN. The molecule has 1 amide bonds. The summed E-state index contributed by atoms with van der Waals surface area (Å²) in [6.45, 7) is 11.6. The normalized spacial score (nSPS) is 11.7. The first-order valence-corrected chi connectivity index (χ1v) is 8.14. The van der Waals surface area contributed by atoms with Gasteiger partial charge in [-0.1, -0.05) is 0 Å². The van der Waals surface area contributed by atoms with Crippen molar-refractivity contribution in [3.63, 3.8) is 0 Å². The van der Waals surface area contributed by atoms with Gasteiger partial charge in [-0.05, 0) is 20.8 Å². The maximum absolute atomic E-state index is 11.4. The molecule has 0 aliphatic rings. The largest absolute Gasteiger partial charge is 0.444 e. The maximum Gasteiger partial charge on any atom is 0.407 e. The van der Waals surface area contributed by atoms with Gasteiger partial charge >= 0.3 is 6.09 Å². The van der Waals surface area contributed by atoms with Gasteiger partial charge in [-0.2, -0.15) is 0 Å². The number of nitrogens with zero attached hydrogens (tertiary/aromatic N) is 1. The molecule has 8 nitrogen and oxygen atoms in total. The quantitative estimate of drug-likeness (QED) is 0.399. The molecule has 0 atom stereocenters. The zero-order valence-electron chi connectivity index (χ0n) is 14.8. The van der Waals surface area contributed by atoms with E-state index in [-0.39, 0.29) is 0 Å². The highest BCUT2D eigenvalue weighted by Gasteiger charge is 2.15. The van der Waals surface area contributed by atoms with Crippen molar-refractivity contribution in [2.24, 2.45) is 11.5 Å². The van der Waals surface area contributed by atoms with Crippen LogP contribution in [-0.2, 0) is 14.2 Å². The van der Waals surface area contributed by atoms with Crippen LogP contribution < -0.4 is 16.8 Å². The smallest absolute Gasteiger partial charge is 0.407 e. The van der Waals surface area contributed by atoms with Gasteiger partial charge in [-0.15, -0.1) is 0 Å². The Hall–Kier alpha value is -0.930. The summed E-state index contributed by atoms with van der Waals surface area (Å²) in [6.07, 6.45) is -0.433. The fourth-order valence-corrected chi connectivity index (χ4v) is 1.76. The second kappa shape index (κ2) is 13.5. The van der Waals surface area contributed by atoms with Gasteiger partial charge in [0.2, 0.25) is 0 Å². The molecule has 0 saturated heterocycles. The average Bonchev–Trinajstić information content (AvgIpc) is 2.44. The topological polar surface area (TPSA) is 112 Å². The predicted octanol–water partition coefficient (Wildman–Crippen LogP) is -0.236. The maximum atomic E-state index is 11.4. The lowest BCUT2D eigenvalue weighted by Crippen LogP contribution is -2.36. The van der Waals surface area contributed by atoms with Gasteiger partial charge in [-0.25, -0.2) is 4.79 Å². The van der Waals surface area contributed by atoms with E-state index in [0.717, 1.165) is 19.6 Å². The van der Waals surface area contributed by atoms with Crippen LogP contribution in [0.2, 0.25) is 0 Å². The summed E-state index contributed by atoms with van der Waals surface area (Å²) in [5.41, 5.74) is 10.6. The highest BCUT2D eigenvalue weighted by atomic mass is 16.6. The van der Waals surface area contributed by atoms with E-state index in [9.17, 15) is 4.79 Å². The minimum atomic E-state index is -0.486. The van der Waals surface area contributed by atoms with Crippen LogP contribution in [0.3, 0.4) is 0 Å². The van der Waals surface area contributed by atoms with E-state index in [0.29, 0.717) is 46.1 Å². The van der Waals surface area contributed by atoms with E-state index in [4.69, 9.17) is 25.7 Å². The van der Waals surface area contributed by atoms with Crippen LogP contribution in [0.1, 0.15) is 20.8 Å². The molecule has 0 aliphatic carbocycles. The van der Waals surface area contributed by atoms with E-state index in [1.54, 1.807) is 0 Å². The fraction of sp³-hybridized carbons (Fsp3) is 0.933. The second-order valence-electron chi connectivity index (χ2n) is 6.07. The molecule has 0 aliphatic heterocycles.